The summed E-state index contributed by atoms with van der Waals surface area (Å²) in [6.07, 6.45) is -0.0210. The van der Waals surface area contributed by atoms with Crippen LogP contribution in [0.4, 0.5) is 10.3 Å². The number of amides is 1. The smallest absolute Gasteiger partial charge is 0.263 e. The van der Waals surface area contributed by atoms with Crippen molar-refractivity contribution in [2.75, 3.05) is 10.0 Å². The van der Waals surface area contributed by atoms with E-state index in [0.29, 0.717) is 17.3 Å². The molecule has 4 aromatic rings. The zero-order chi connectivity index (χ0) is 21.8. The van der Waals surface area contributed by atoms with E-state index in [0.717, 1.165) is 16.9 Å². The Labute approximate surface area is 182 Å². The Hall–Kier alpha value is -3.57. The molecule has 0 aliphatic rings. The van der Waals surface area contributed by atoms with Gasteiger partial charge >= 0.3 is 0 Å². The number of aromatic nitrogens is 3. The first-order valence-electron chi connectivity index (χ1n) is 9.14. The van der Waals surface area contributed by atoms with Crippen LogP contribution >= 0.6 is 11.3 Å². The predicted octanol–water partition coefficient (Wildman–Crippen LogP) is 3.48. The van der Waals surface area contributed by atoms with Crippen LogP contribution in [0, 0.1) is 6.92 Å². The minimum Gasteiger partial charge on any atom is -0.441 e. The molecule has 4 rings (SSSR count). The number of rotatable bonds is 7. The van der Waals surface area contributed by atoms with Gasteiger partial charge < -0.3 is 9.73 Å². The average molecular weight is 456 g/mol. The highest BCUT2D eigenvalue weighted by molar-refractivity contribution is 7.93. The van der Waals surface area contributed by atoms with Gasteiger partial charge in [-0.1, -0.05) is 47.7 Å². The highest BCUT2D eigenvalue weighted by Crippen LogP contribution is 2.24. The second kappa shape index (κ2) is 8.66. The van der Waals surface area contributed by atoms with Crippen molar-refractivity contribution in [1.82, 2.24) is 15.2 Å². The van der Waals surface area contributed by atoms with E-state index in [-0.39, 0.29) is 27.5 Å². The molecule has 158 valence electrons. The summed E-state index contributed by atoms with van der Waals surface area (Å²) in [4.78, 5) is 16.9. The molecule has 1 amide bonds. The fourth-order valence-corrected chi connectivity index (χ4v) is 4.61. The molecule has 0 spiro atoms. The van der Waals surface area contributed by atoms with Gasteiger partial charge in [-0.15, -0.1) is 10.2 Å². The van der Waals surface area contributed by atoms with Crippen LogP contribution in [0.5, 0.6) is 0 Å². The minimum atomic E-state index is -3.78. The summed E-state index contributed by atoms with van der Waals surface area (Å²) in [5.41, 5.74) is 1.32. The van der Waals surface area contributed by atoms with Gasteiger partial charge in [0.2, 0.25) is 22.1 Å². The number of hydrogen-bond donors (Lipinski definition) is 2. The first-order chi connectivity index (χ1) is 14.9. The van der Waals surface area contributed by atoms with Gasteiger partial charge in [-0.05, 0) is 31.2 Å². The Bertz CT molecular complexity index is 1300. The largest absolute Gasteiger partial charge is 0.441 e. The summed E-state index contributed by atoms with van der Waals surface area (Å²) in [7, 11) is -3.78. The monoisotopic (exact) mass is 455 g/mol. The Morgan fingerprint density at radius 1 is 1.00 bits per heavy atom. The lowest BCUT2D eigenvalue weighted by Crippen LogP contribution is -2.15. The molecule has 0 bridgehead atoms. The maximum atomic E-state index is 12.4. The number of oxazole rings is 1. The van der Waals surface area contributed by atoms with E-state index >= 15 is 0 Å². The lowest BCUT2D eigenvalue weighted by molar-refractivity contribution is -0.115. The number of sulfonamides is 1. The molecule has 0 fully saturated rings. The van der Waals surface area contributed by atoms with Crippen molar-refractivity contribution in [2.45, 2.75) is 18.2 Å². The predicted molar refractivity (Wildman–Crippen MR) is 116 cm³/mol. The summed E-state index contributed by atoms with van der Waals surface area (Å²) in [6.45, 7) is 1.74. The van der Waals surface area contributed by atoms with Crippen LogP contribution in [0.1, 0.15) is 11.5 Å². The van der Waals surface area contributed by atoms with Crippen LogP contribution in [0.15, 0.2) is 70.0 Å². The first kappa shape index (κ1) is 20.7. The number of benzene rings is 2. The van der Waals surface area contributed by atoms with Crippen molar-refractivity contribution in [3.05, 3.63) is 72.1 Å². The third kappa shape index (κ3) is 4.95. The molecule has 0 aliphatic carbocycles. The van der Waals surface area contributed by atoms with Crippen LogP contribution < -0.4 is 10.0 Å². The number of carbonyl (C=O) groups is 1. The molecule has 11 heteroatoms. The highest BCUT2D eigenvalue weighted by Gasteiger charge is 2.18. The second-order valence-electron chi connectivity index (χ2n) is 6.44. The zero-order valence-corrected chi connectivity index (χ0v) is 17.9. The lowest BCUT2D eigenvalue weighted by atomic mass is 10.2. The van der Waals surface area contributed by atoms with Gasteiger partial charge in [-0.2, -0.15) is 0 Å². The van der Waals surface area contributed by atoms with Gasteiger partial charge in [0, 0.05) is 5.56 Å². The number of anilines is 2. The van der Waals surface area contributed by atoms with E-state index in [9.17, 15) is 13.2 Å². The number of nitrogens with one attached hydrogen (secondary N) is 2. The summed E-state index contributed by atoms with van der Waals surface area (Å²) in [5, 5.41) is 10.4. The molecule has 0 unspecified atom stereocenters. The van der Waals surface area contributed by atoms with Crippen molar-refractivity contribution in [1.29, 1.82) is 0 Å². The molecule has 0 saturated carbocycles. The Balaban J connectivity index is 1.40. The minimum absolute atomic E-state index is 0.0210. The topological polar surface area (TPSA) is 127 Å². The van der Waals surface area contributed by atoms with Crippen molar-refractivity contribution in [2.24, 2.45) is 0 Å². The Morgan fingerprint density at radius 2 is 1.65 bits per heavy atom. The van der Waals surface area contributed by atoms with Crippen molar-refractivity contribution < 1.29 is 17.6 Å². The number of aryl methyl sites for hydroxylation is 1. The maximum absolute atomic E-state index is 12.4. The molecule has 31 heavy (non-hydrogen) atoms. The SMILES string of the molecule is Cc1oc(-c2ccccc2)nc1CC(=O)Nc1nnc(NS(=O)(=O)c2ccccc2)s1. The fourth-order valence-electron chi connectivity index (χ4n) is 2.70. The molecule has 0 saturated heterocycles. The van der Waals surface area contributed by atoms with Crippen LogP contribution in [0.3, 0.4) is 0 Å². The molecule has 0 atom stereocenters. The fraction of sp³-hybridized carbons (Fsp3) is 0.100. The molecule has 0 aliphatic heterocycles. The maximum Gasteiger partial charge on any atom is 0.263 e. The standard InChI is InChI=1S/C20H17N5O4S2/c1-13-16(21-18(29-13)14-8-4-2-5-9-14)12-17(26)22-19-23-24-20(30-19)25-31(27,28)15-10-6-3-7-11-15/h2-11H,12H2,1H3,(H,24,25)(H,22,23,26). The quantitative estimate of drug-likeness (QED) is 0.437. The molecule has 2 aromatic carbocycles. The summed E-state index contributed by atoms with van der Waals surface area (Å²) < 4.78 is 32.7. The van der Waals surface area contributed by atoms with Gasteiger partial charge in [0.1, 0.15) is 5.76 Å². The number of nitrogens with zero attached hydrogens (tertiary/aromatic N) is 3. The lowest BCUT2D eigenvalue weighted by Gasteiger charge is -2.03. The van der Waals surface area contributed by atoms with E-state index in [1.54, 1.807) is 25.1 Å². The number of hydrogen-bond acceptors (Lipinski definition) is 8. The molecule has 2 heterocycles. The second-order valence-corrected chi connectivity index (χ2v) is 9.10. The van der Waals surface area contributed by atoms with E-state index in [1.165, 1.54) is 12.1 Å². The van der Waals surface area contributed by atoms with Crippen LogP contribution in [0.25, 0.3) is 11.5 Å². The van der Waals surface area contributed by atoms with Crippen molar-refractivity contribution >= 4 is 37.5 Å². The van der Waals surface area contributed by atoms with Crippen molar-refractivity contribution in [3.8, 4) is 11.5 Å². The van der Waals surface area contributed by atoms with Gasteiger partial charge in [-0.25, -0.2) is 13.4 Å². The van der Waals surface area contributed by atoms with Crippen molar-refractivity contribution in [3.63, 3.8) is 0 Å². The van der Waals surface area contributed by atoms with Crippen LogP contribution in [0.2, 0.25) is 0 Å². The van der Waals surface area contributed by atoms with Gasteiger partial charge in [-0.3, -0.25) is 9.52 Å². The average Bonchev–Trinajstić information content (AvgIpc) is 3.35. The first-order valence-corrected chi connectivity index (χ1v) is 11.4. The number of carbonyl (C=O) groups excluding carboxylic acids is 1. The third-order valence-corrected chi connectivity index (χ3v) is 6.43. The molecule has 2 aromatic heterocycles. The molecular weight excluding hydrogens is 438 g/mol. The van der Waals surface area contributed by atoms with Gasteiger partial charge in [0.25, 0.3) is 10.0 Å². The van der Waals surface area contributed by atoms with Gasteiger partial charge in [0.15, 0.2) is 0 Å². The van der Waals surface area contributed by atoms with E-state index in [2.05, 4.69) is 25.2 Å². The van der Waals surface area contributed by atoms with E-state index in [1.807, 2.05) is 30.3 Å². The highest BCUT2D eigenvalue weighted by atomic mass is 32.2. The Kier molecular flexibility index (Phi) is 5.78. The van der Waals surface area contributed by atoms with E-state index in [4.69, 9.17) is 4.42 Å². The zero-order valence-electron chi connectivity index (χ0n) is 16.3. The summed E-state index contributed by atoms with van der Waals surface area (Å²) in [5.74, 6) is 0.613. The molecule has 2 N–H and O–H groups in total. The molecule has 9 nitrogen and oxygen atoms in total. The Morgan fingerprint density at radius 3 is 2.35 bits per heavy atom. The van der Waals surface area contributed by atoms with E-state index < -0.39 is 10.0 Å². The third-order valence-electron chi connectivity index (χ3n) is 4.19. The molecular formula is C20H17N5O4S2. The molecule has 0 radical (unpaired) electrons. The normalized spacial score (nSPS) is 11.3. The van der Waals surface area contributed by atoms with Gasteiger partial charge in [0.05, 0.1) is 17.0 Å². The summed E-state index contributed by atoms with van der Waals surface area (Å²) >= 11 is 0.911. The summed E-state index contributed by atoms with van der Waals surface area (Å²) in [6, 6.07) is 17.3. The van der Waals surface area contributed by atoms with Crippen LogP contribution in [-0.2, 0) is 21.2 Å². The van der Waals surface area contributed by atoms with Crippen LogP contribution in [-0.4, -0.2) is 29.5 Å².